The molecule has 0 atom stereocenters. The maximum Gasteiger partial charge on any atom is 0.340 e. The highest BCUT2D eigenvalue weighted by atomic mass is 79.9. The molecular formula is C18H17BrClNO3S. The number of ether oxygens (including phenoxy) is 1. The Kier molecular flexibility index (Phi) is 6.81. The number of nitrogens with zero attached hydrogens (tertiary/aromatic N) is 1. The molecule has 0 spiro atoms. The van der Waals surface area contributed by atoms with Crippen molar-refractivity contribution >= 4 is 57.0 Å². The normalized spacial score (nSPS) is 10.5. The van der Waals surface area contributed by atoms with Crippen LogP contribution in [0.25, 0.3) is 10.9 Å². The van der Waals surface area contributed by atoms with Crippen LogP contribution in [0.5, 0.6) is 5.75 Å². The second-order valence-electron chi connectivity index (χ2n) is 5.14. The molecule has 0 aliphatic heterocycles. The van der Waals surface area contributed by atoms with Gasteiger partial charge in [-0.1, -0.05) is 18.2 Å². The summed E-state index contributed by atoms with van der Waals surface area (Å²) in [4.78, 5) is 13.4. The van der Waals surface area contributed by atoms with Gasteiger partial charge in [0.1, 0.15) is 5.75 Å². The number of aromatic nitrogens is 1. The van der Waals surface area contributed by atoms with Crippen molar-refractivity contribution in [3.63, 3.8) is 0 Å². The smallest absolute Gasteiger partial charge is 0.340 e. The van der Waals surface area contributed by atoms with Crippen molar-refractivity contribution in [2.75, 3.05) is 6.61 Å². The van der Waals surface area contributed by atoms with Gasteiger partial charge in [-0.3, -0.25) is 0 Å². The molecule has 4 nitrogen and oxygen atoms in total. The lowest BCUT2D eigenvalue weighted by Crippen LogP contribution is -2.03. The minimum absolute atomic E-state index is 0. The molecule has 0 saturated carbocycles. The van der Waals surface area contributed by atoms with Gasteiger partial charge in [0.15, 0.2) is 0 Å². The van der Waals surface area contributed by atoms with Crippen molar-refractivity contribution in [2.45, 2.75) is 17.7 Å². The van der Waals surface area contributed by atoms with Crippen LogP contribution in [-0.2, 0) is 10.6 Å². The zero-order valence-corrected chi connectivity index (χ0v) is 16.7. The molecule has 7 heteroatoms. The Labute approximate surface area is 164 Å². The summed E-state index contributed by atoms with van der Waals surface area (Å²) in [5.41, 5.74) is 1.33. The van der Waals surface area contributed by atoms with Gasteiger partial charge in [0.2, 0.25) is 0 Å². The number of halogens is 2. The van der Waals surface area contributed by atoms with Crippen LogP contribution in [0.2, 0.25) is 0 Å². The first-order chi connectivity index (χ1) is 11.6. The lowest BCUT2D eigenvalue weighted by molar-refractivity contribution is 0.0528. The first-order valence-corrected chi connectivity index (χ1v) is 9.24. The van der Waals surface area contributed by atoms with E-state index >= 15 is 0 Å². The number of phenols is 1. The van der Waals surface area contributed by atoms with Gasteiger partial charge in [-0.25, -0.2) is 4.79 Å². The molecule has 1 N–H and O–H groups in total. The number of esters is 1. The van der Waals surface area contributed by atoms with E-state index in [9.17, 15) is 9.90 Å². The Morgan fingerprint density at radius 3 is 2.68 bits per heavy atom. The van der Waals surface area contributed by atoms with Gasteiger partial charge in [-0.15, -0.1) is 24.2 Å². The van der Waals surface area contributed by atoms with Crippen molar-refractivity contribution in [3.05, 3.63) is 58.7 Å². The Balaban J connectivity index is 0.00000225. The molecule has 0 aliphatic rings. The molecule has 3 rings (SSSR count). The molecule has 1 aromatic heterocycles. The fraction of sp³-hybridized carbons (Fsp3) is 0.167. The summed E-state index contributed by atoms with van der Waals surface area (Å²) in [6.45, 7) is 2.09. The van der Waals surface area contributed by atoms with Gasteiger partial charge in [0.05, 0.1) is 28.0 Å². The van der Waals surface area contributed by atoms with E-state index in [1.165, 1.54) is 0 Å². The molecule has 0 fully saturated rings. The Hall–Kier alpha value is -1.63. The number of rotatable bonds is 5. The van der Waals surface area contributed by atoms with E-state index in [-0.39, 0.29) is 24.1 Å². The van der Waals surface area contributed by atoms with Crippen LogP contribution in [0.4, 0.5) is 0 Å². The molecule has 0 amide bonds. The topological polar surface area (TPSA) is 51.5 Å². The summed E-state index contributed by atoms with van der Waals surface area (Å²) in [5, 5.41) is 10.6. The Bertz CT molecular complexity index is 883. The lowest BCUT2D eigenvalue weighted by Gasteiger charge is -2.06. The summed E-state index contributed by atoms with van der Waals surface area (Å²) in [7, 11) is 0. The number of carbonyl (C=O) groups excluding carboxylic acids is 1. The van der Waals surface area contributed by atoms with E-state index in [1.807, 2.05) is 41.0 Å². The second-order valence-corrected chi connectivity index (χ2v) is 7.01. The summed E-state index contributed by atoms with van der Waals surface area (Å²) in [6.07, 6.45) is 1.78. The predicted octanol–water partition coefficient (Wildman–Crippen LogP) is 5.46. The number of benzene rings is 2. The maximum absolute atomic E-state index is 12.2. The van der Waals surface area contributed by atoms with Crippen LogP contribution in [-0.4, -0.2) is 22.2 Å². The second kappa shape index (κ2) is 8.65. The van der Waals surface area contributed by atoms with Crippen LogP contribution < -0.4 is 0 Å². The van der Waals surface area contributed by atoms with E-state index in [1.54, 1.807) is 30.9 Å². The van der Waals surface area contributed by atoms with Gasteiger partial charge < -0.3 is 14.4 Å². The van der Waals surface area contributed by atoms with Crippen molar-refractivity contribution in [1.82, 2.24) is 4.57 Å². The largest absolute Gasteiger partial charge is 0.507 e. The Morgan fingerprint density at radius 1 is 1.28 bits per heavy atom. The van der Waals surface area contributed by atoms with E-state index in [4.69, 9.17) is 4.74 Å². The number of hydrogen-bond donors (Lipinski definition) is 1. The van der Waals surface area contributed by atoms with Crippen molar-refractivity contribution < 1.29 is 14.6 Å². The quantitative estimate of drug-likeness (QED) is 0.421. The molecule has 0 aliphatic carbocycles. The summed E-state index contributed by atoms with van der Waals surface area (Å²) in [6, 6.07) is 13.5. The molecule has 2 aromatic carbocycles. The molecular weight excluding hydrogens is 426 g/mol. The highest BCUT2D eigenvalue weighted by molar-refractivity contribution is 9.10. The van der Waals surface area contributed by atoms with Gasteiger partial charge in [0.25, 0.3) is 0 Å². The SMILES string of the molecule is CCOC(=O)c1cn(CSc2ccccc2)c2cc(Br)c(O)cc12.Cl. The number of thioether (sulfide) groups is 1. The first-order valence-electron chi connectivity index (χ1n) is 7.46. The molecule has 1 heterocycles. The number of carbonyl (C=O) groups is 1. The average molecular weight is 443 g/mol. The van der Waals surface area contributed by atoms with E-state index in [2.05, 4.69) is 15.9 Å². The standard InChI is InChI=1S/C18H16BrNO3S.ClH/c1-2-23-18(22)14-10-20(11-24-12-6-4-3-5-7-12)16-9-15(19)17(21)8-13(14)16;/h3-10,21H,2,11H2,1H3;1H. The third-order valence-electron chi connectivity index (χ3n) is 3.56. The summed E-state index contributed by atoms with van der Waals surface area (Å²) in [5.74, 6) is 0.367. The number of hydrogen-bond acceptors (Lipinski definition) is 4. The van der Waals surface area contributed by atoms with E-state index in [0.29, 0.717) is 27.9 Å². The van der Waals surface area contributed by atoms with Crippen molar-refractivity contribution in [1.29, 1.82) is 0 Å². The van der Waals surface area contributed by atoms with Crippen molar-refractivity contribution in [2.24, 2.45) is 0 Å². The van der Waals surface area contributed by atoms with Crippen LogP contribution in [0.1, 0.15) is 17.3 Å². The van der Waals surface area contributed by atoms with E-state index < -0.39 is 0 Å². The van der Waals surface area contributed by atoms with Crippen molar-refractivity contribution in [3.8, 4) is 5.75 Å². The average Bonchev–Trinajstić information content (AvgIpc) is 2.92. The summed E-state index contributed by atoms with van der Waals surface area (Å²) >= 11 is 5.01. The zero-order valence-electron chi connectivity index (χ0n) is 13.4. The van der Waals surface area contributed by atoms with Crippen LogP contribution >= 0.6 is 40.1 Å². The van der Waals surface area contributed by atoms with Crippen LogP contribution in [0.3, 0.4) is 0 Å². The zero-order chi connectivity index (χ0) is 17.1. The fourth-order valence-corrected chi connectivity index (χ4v) is 3.62. The monoisotopic (exact) mass is 441 g/mol. The maximum atomic E-state index is 12.2. The molecule has 3 aromatic rings. The molecule has 0 bridgehead atoms. The molecule has 0 unspecified atom stereocenters. The van der Waals surface area contributed by atoms with Crippen LogP contribution in [0.15, 0.2) is 58.0 Å². The molecule has 132 valence electrons. The van der Waals surface area contributed by atoms with Gasteiger partial charge in [0, 0.05) is 16.5 Å². The number of phenolic OH excluding ortho intramolecular Hbond substituents is 1. The third kappa shape index (κ3) is 4.32. The minimum Gasteiger partial charge on any atom is -0.507 e. The van der Waals surface area contributed by atoms with Gasteiger partial charge in [-0.2, -0.15) is 0 Å². The van der Waals surface area contributed by atoms with Gasteiger partial charge >= 0.3 is 5.97 Å². The Morgan fingerprint density at radius 2 is 2.00 bits per heavy atom. The lowest BCUT2D eigenvalue weighted by atomic mass is 10.1. The predicted molar refractivity (Wildman–Crippen MR) is 107 cm³/mol. The highest BCUT2D eigenvalue weighted by Crippen LogP contribution is 2.34. The fourth-order valence-electron chi connectivity index (χ4n) is 2.44. The van der Waals surface area contributed by atoms with E-state index in [0.717, 1.165) is 10.4 Å². The molecule has 0 radical (unpaired) electrons. The third-order valence-corrected chi connectivity index (χ3v) is 5.21. The number of fused-ring (bicyclic) bond motifs is 1. The molecule has 25 heavy (non-hydrogen) atoms. The molecule has 0 saturated heterocycles. The van der Waals surface area contributed by atoms with Gasteiger partial charge in [-0.05, 0) is 47.1 Å². The highest BCUT2D eigenvalue weighted by Gasteiger charge is 2.18. The number of aromatic hydroxyl groups is 1. The van der Waals surface area contributed by atoms with Crippen LogP contribution in [0, 0.1) is 0 Å². The first kappa shape index (κ1) is 19.7. The minimum atomic E-state index is -0.382. The summed E-state index contributed by atoms with van der Waals surface area (Å²) < 4.78 is 7.71.